The number of rotatable bonds is 4. The van der Waals surface area contributed by atoms with Gasteiger partial charge in [-0.15, -0.1) is 0 Å². The van der Waals surface area contributed by atoms with Crippen molar-refractivity contribution < 1.29 is 16.8 Å². The highest BCUT2D eigenvalue weighted by Crippen LogP contribution is 2.25. The van der Waals surface area contributed by atoms with Gasteiger partial charge in [0, 0.05) is 5.54 Å². The van der Waals surface area contributed by atoms with Gasteiger partial charge in [0.2, 0.25) is 10.0 Å². The second kappa shape index (κ2) is 5.13. The van der Waals surface area contributed by atoms with E-state index in [1.54, 1.807) is 31.2 Å². The number of hydrogen-bond donors (Lipinski definition) is 1. The topological polar surface area (TPSA) is 80.3 Å². The smallest absolute Gasteiger partial charge is 0.229 e. The first kappa shape index (κ1) is 15.5. The minimum absolute atomic E-state index is 0.0286. The maximum absolute atomic E-state index is 12.3. The van der Waals surface area contributed by atoms with Crippen LogP contribution >= 0.6 is 0 Å². The average Bonchev–Trinajstić information content (AvgIpc) is 2.62. The number of sulfonamides is 1. The maximum atomic E-state index is 12.3. The summed E-state index contributed by atoms with van der Waals surface area (Å²) >= 11 is 0. The Morgan fingerprint density at radius 3 is 2.30 bits per heavy atom. The van der Waals surface area contributed by atoms with Crippen LogP contribution in [0.2, 0.25) is 0 Å². The third kappa shape index (κ3) is 3.39. The zero-order chi connectivity index (χ0) is 15.0. The summed E-state index contributed by atoms with van der Waals surface area (Å²) in [5, 5.41) is 0. The molecular weight excluding hydrogens is 298 g/mol. The lowest BCUT2D eigenvalue weighted by atomic mass is 10.0. The molecular formula is C13H19NO4S2. The fourth-order valence-corrected chi connectivity index (χ4v) is 6.00. The monoisotopic (exact) mass is 317 g/mol. The molecule has 0 aliphatic carbocycles. The summed E-state index contributed by atoms with van der Waals surface area (Å²) in [4.78, 5) is 0.167. The van der Waals surface area contributed by atoms with E-state index in [1.165, 1.54) is 0 Å². The third-order valence-corrected chi connectivity index (χ3v) is 7.08. The fraction of sp³-hybridized carbons (Fsp3) is 0.538. The highest BCUT2D eigenvalue weighted by atomic mass is 32.2. The van der Waals surface area contributed by atoms with Crippen molar-refractivity contribution in [2.45, 2.75) is 37.1 Å². The van der Waals surface area contributed by atoms with Gasteiger partial charge in [0.15, 0.2) is 9.84 Å². The molecule has 1 atom stereocenters. The molecule has 0 spiro atoms. The Labute approximate surface area is 120 Å². The van der Waals surface area contributed by atoms with Gasteiger partial charge < -0.3 is 0 Å². The van der Waals surface area contributed by atoms with Crippen LogP contribution < -0.4 is 4.72 Å². The molecule has 1 heterocycles. The molecule has 1 aromatic rings. The number of hydrogen-bond acceptors (Lipinski definition) is 4. The van der Waals surface area contributed by atoms with Gasteiger partial charge >= 0.3 is 0 Å². The summed E-state index contributed by atoms with van der Waals surface area (Å²) in [6.07, 6.45) is 1.14. The van der Waals surface area contributed by atoms with Gasteiger partial charge in [0.1, 0.15) is 0 Å². The molecule has 0 saturated carbocycles. The Morgan fingerprint density at radius 2 is 1.85 bits per heavy atom. The van der Waals surface area contributed by atoms with Crippen LogP contribution in [-0.2, 0) is 26.3 Å². The predicted octanol–water partition coefficient (Wildman–Crippen LogP) is 1.10. The molecule has 20 heavy (non-hydrogen) atoms. The Kier molecular flexibility index (Phi) is 3.96. The van der Waals surface area contributed by atoms with Gasteiger partial charge in [-0.1, -0.05) is 19.1 Å². The molecule has 0 radical (unpaired) electrons. The van der Waals surface area contributed by atoms with E-state index in [0.29, 0.717) is 6.42 Å². The Balaban J connectivity index is 2.23. The number of nitrogens with one attached hydrogen (secondary N) is 1. The van der Waals surface area contributed by atoms with Crippen molar-refractivity contribution in [3.8, 4) is 0 Å². The molecule has 1 aromatic carbocycles. The van der Waals surface area contributed by atoms with Gasteiger partial charge in [0.25, 0.3) is 0 Å². The van der Waals surface area contributed by atoms with E-state index in [1.807, 2.05) is 6.92 Å². The first-order chi connectivity index (χ1) is 9.16. The number of benzene rings is 1. The van der Waals surface area contributed by atoms with Crippen LogP contribution in [0.25, 0.3) is 0 Å². The molecule has 5 nitrogen and oxygen atoms in total. The van der Waals surface area contributed by atoms with Crippen molar-refractivity contribution in [1.29, 1.82) is 0 Å². The van der Waals surface area contributed by atoms with Crippen LogP contribution in [0, 0.1) is 0 Å². The molecule has 0 amide bonds. The first-order valence-corrected chi connectivity index (χ1v) is 9.80. The Morgan fingerprint density at radius 1 is 1.25 bits per heavy atom. The van der Waals surface area contributed by atoms with Crippen LogP contribution in [0.1, 0.15) is 25.8 Å². The second-order valence-electron chi connectivity index (χ2n) is 5.51. The zero-order valence-electron chi connectivity index (χ0n) is 11.6. The summed E-state index contributed by atoms with van der Waals surface area (Å²) in [6.45, 7) is 3.63. The summed E-state index contributed by atoms with van der Waals surface area (Å²) in [6, 6.07) is 6.63. The molecule has 2 rings (SSSR count). The number of sulfone groups is 1. The molecule has 1 fully saturated rings. The van der Waals surface area contributed by atoms with E-state index in [2.05, 4.69) is 4.72 Å². The molecule has 1 aliphatic heterocycles. The summed E-state index contributed by atoms with van der Waals surface area (Å²) < 4.78 is 50.2. The van der Waals surface area contributed by atoms with Crippen molar-refractivity contribution in [3.63, 3.8) is 0 Å². The lowest BCUT2D eigenvalue weighted by molar-refractivity contribution is 0.462. The van der Waals surface area contributed by atoms with Crippen LogP contribution in [0.5, 0.6) is 0 Å². The van der Waals surface area contributed by atoms with Crippen molar-refractivity contribution in [3.05, 3.63) is 29.8 Å². The predicted molar refractivity (Wildman–Crippen MR) is 77.8 cm³/mol. The van der Waals surface area contributed by atoms with Gasteiger partial charge in [-0.3, -0.25) is 0 Å². The van der Waals surface area contributed by atoms with Gasteiger partial charge in [0.05, 0.1) is 16.4 Å². The van der Waals surface area contributed by atoms with Crippen molar-refractivity contribution in [2.75, 3.05) is 11.5 Å². The van der Waals surface area contributed by atoms with E-state index in [9.17, 15) is 16.8 Å². The SMILES string of the molecule is CCc1ccc(S(=O)(=O)N[C@@]2(C)CCS(=O)(=O)C2)cc1. The van der Waals surface area contributed by atoms with Crippen molar-refractivity contribution in [2.24, 2.45) is 0 Å². The molecule has 0 unspecified atom stereocenters. The summed E-state index contributed by atoms with van der Waals surface area (Å²) in [5.41, 5.74) is 0.139. The van der Waals surface area contributed by atoms with Gasteiger partial charge in [-0.25, -0.2) is 21.6 Å². The first-order valence-electron chi connectivity index (χ1n) is 6.49. The lowest BCUT2D eigenvalue weighted by Gasteiger charge is -2.23. The minimum atomic E-state index is -3.69. The van der Waals surface area contributed by atoms with Crippen LogP contribution in [-0.4, -0.2) is 33.9 Å². The van der Waals surface area contributed by atoms with Gasteiger partial charge in [-0.2, -0.15) is 0 Å². The molecule has 1 N–H and O–H groups in total. The van der Waals surface area contributed by atoms with E-state index in [0.717, 1.165) is 12.0 Å². The Hall–Kier alpha value is -0.920. The van der Waals surface area contributed by atoms with Crippen molar-refractivity contribution >= 4 is 19.9 Å². The molecule has 7 heteroatoms. The van der Waals surface area contributed by atoms with Crippen molar-refractivity contribution in [1.82, 2.24) is 4.72 Å². The highest BCUT2D eigenvalue weighted by Gasteiger charge is 2.41. The fourth-order valence-electron chi connectivity index (χ4n) is 2.38. The summed E-state index contributed by atoms with van der Waals surface area (Å²) in [7, 11) is -6.84. The van der Waals surface area contributed by atoms with E-state index < -0.39 is 25.4 Å². The number of aryl methyl sites for hydroxylation is 1. The summed E-state index contributed by atoms with van der Waals surface area (Å²) in [5.74, 6) is -0.118. The molecule has 1 saturated heterocycles. The highest BCUT2D eigenvalue weighted by molar-refractivity contribution is 7.92. The normalized spacial score (nSPS) is 25.7. The van der Waals surface area contributed by atoms with Crippen LogP contribution in [0.3, 0.4) is 0 Å². The van der Waals surface area contributed by atoms with Crippen LogP contribution in [0.4, 0.5) is 0 Å². The largest absolute Gasteiger partial charge is 0.241 e. The molecule has 112 valence electrons. The minimum Gasteiger partial charge on any atom is -0.229 e. The van der Waals surface area contributed by atoms with E-state index in [4.69, 9.17) is 0 Å². The maximum Gasteiger partial charge on any atom is 0.241 e. The molecule has 0 aromatic heterocycles. The standard InChI is InChI=1S/C13H19NO4S2/c1-3-11-4-6-12(7-5-11)20(17,18)14-13(2)8-9-19(15,16)10-13/h4-7,14H,3,8-10H2,1-2H3/t13-/m0/s1. The Bertz CT molecular complexity index is 692. The third-order valence-electron chi connectivity index (χ3n) is 3.53. The molecule has 1 aliphatic rings. The van der Waals surface area contributed by atoms with Crippen LogP contribution in [0.15, 0.2) is 29.2 Å². The van der Waals surface area contributed by atoms with Gasteiger partial charge in [-0.05, 0) is 37.5 Å². The molecule has 0 bridgehead atoms. The van der Waals surface area contributed by atoms with E-state index in [-0.39, 0.29) is 16.4 Å². The van der Waals surface area contributed by atoms with E-state index >= 15 is 0 Å². The lowest BCUT2D eigenvalue weighted by Crippen LogP contribution is -2.46. The second-order valence-corrected chi connectivity index (χ2v) is 9.37. The zero-order valence-corrected chi connectivity index (χ0v) is 13.2. The average molecular weight is 317 g/mol. The quantitative estimate of drug-likeness (QED) is 0.902.